The Balaban J connectivity index is 1.48. The third-order valence-corrected chi connectivity index (χ3v) is 6.71. The number of phenols is 1. The lowest BCUT2D eigenvalue weighted by atomic mass is 10.1. The number of rotatable bonds is 6. The third kappa shape index (κ3) is 4.01. The molecule has 2 aromatic heterocycles. The first-order chi connectivity index (χ1) is 15.6. The SMILES string of the molecule is O=C1CSC(c2cn(-c3ccc(F)cc3)nc2-n2cccc2)N1CCc1ccc(O)cc1. The van der Waals surface area contributed by atoms with Gasteiger partial charge in [0.05, 0.1) is 11.4 Å². The maximum absolute atomic E-state index is 13.4. The monoisotopic (exact) mass is 448 g/mol. The summed E-state index contributed by atoms with van der Waals surface area (Å²) in [4.78, 5) is 14.6. The summed E-state index contributed by atoms with van der Waals surface area (Å²) >= 11 is 1.58. The van der Waals surface area contributed by atoms with Crippen molar-refractivity contribution in [2.75, 3.05) is 12.3 Å². The lowest BCUT2D eigenvalue weighted by Gasteiger charge is -2.24. The molecular weight excluding hydrogens is 427 g/mol. The van der Waals surface area contributed by atoms with Gasteiger partial charge in [-0.15, -0.1) is 16.9 Å². The smallest absolute Gasteiger partial charge is 0.233 e. The fraction of sp³-hybridized carbons (Fsp3) is 0.167. The summed E-state index contributed by atoms with van der Waals surface area (Å²) in [5.41, 5.74) is 2.72. The highest BCUT2D eigenvalue weighted by Gasteiger charge is 2.35. The van der Waals surface area contributed by atoms with E-state index in [1.165, 1.54) is 12.1 Å². The molecule has 1 aliphatic heterocycles. The Labute approximate surface area is 188 Å². The fourth-order valence-electron chi connectivity index (χ4n) is 3.82. The van der Waals surface area contributed by atoms with Crippen molar-refractivity contribution in [2.24, 2.45) is 0 Å². The first-order valence-electron chi connectivity index (χ1n) is 10.3. The minimum atomic E-state index is -0.302. The zero-order valence-electron chi connectivity index (χ0n) is 17.1. The van der Waals surface area contributed by atoms with Crippen LogP contribution in [0.2, 0.25) is 0 Å². The molecule has 0 spiro atoms. The number of aromatic nitrogens is 3. The molecule has 0 radical (unpaired) electrons. The Hall–Kier alpha value is -3.52. The zero-order chi connectivity index (χ0) is 22.1. The topological polar surface area (TPSA) is 63.3 Å². The molecule has 0 saturated carbocycles. The molecule has 6 nitrogen and oxygen atoms in total. The Bertz CT molecular complexity index is 1220. The molecule has 1 N–H and O–H groups in total. The van der Waals surface area contributed by atoms with Crippen LogP contribution >= 0.6 is 11.8 Å². The normalized spacial score (nSPS) is 16.1. The fourth-order valence-corrected chi connectivity index (χ4v) is 5.04. The molecule has 3 heterocycles. The van der Waals surface area contributed by atoms with Crippen LogP contribution in [-0.4, -0.2) is 42.6 Å². The number of hydrogen-bond acceptors (Lipinski definition) is 4. The van der Waals surface area contributed by atoms with Crippen LogP contribution < -0.4 is 0 Å². The molecule has 2 aromatic carbocycles. The van der Waals surface area contributed by atoms with Crippen molar-refractivity contribution in [2.45, 2.75) is 11.8 Å². The van der Waals surface area contributed by atoms with Gasteiger partial charge in [-0.25, -0.2) is 9.07 Å². The summed E-state index contributed by atoms with van der Waals surface area (Å²) in [6.45, 7) is 0.564. The van der Waals surface area contributed by atoms with E-state index in [9.17, 15) is 14.3 Å². The van der Waals surface area contributed by atoms with Gasteiger partial charge in [0, 0.05) is 30.7 Å². The average molecular weight is 449 g/mol. The van der Waals surface area contributed by atoms with Crippen LogP contribution in [0.15, 0.2) is 79.3 Å². The number of hydrogen-bond donors (Lipinski definition) is 1. The summed E-state index contributed by atoms with van der Waals surface area (Å²) < 4.78 is 17.1. The Morgan fingerprint density at radius 2 is 1.78 bits per heavy atom. The molecule has 5 rings (SSSR count). The van der Waals surface area contributed by atoms with Crippen LogP contribution in [0, 0.1) is 5.82 Å². The van der Waals surface area contributed by atoms with E-state index in [1.807, 2.05) is 52.3 Å². The quantitative estimate of drug-likeness (QED) is 0.477. The van der Waals surface area contributed by atoms with E-state index in [2.05, 4.69) is 0 Å². The summed E-state index contributed by atoms with van der Waals surface area (Å²) in [6.07, 6.45) is 6.45. The number of aromatic hydroxyl groups is 1. The molecule has 0 bridgehead atoms. The van der Waals surface area contributed by atoms with Gasteiger partial charge < -0.3 is 14.6 Å². The van der Waals surface area contributed by atoms with E-state index >= 15 is 0 Å². The minimum Gasteiger partial charge on any atom is -0.508 e. The Kier molecular flexibility index (Phi) is 5.45. The first kappa shape index (κ1) is 20.4. The van der Waals surface area contributed by atoms with Gasteiger partial charge in [-0.05, 0) is 60.5 Å². The molecule has 1 amide bonds. The lowest BCUT2D eigenvalue weighted by Crippen LogP contribution is -2.30. The molecule has 162 valence electrons. The van der Waals surface area contributed by atoms with E-state index in [1.54, 1.807) is 40.7 Å². The lowest BCUT2D eigenvalue weighted by molar-refractivity contribution is -0.128. The Morgan fingerprint density at radius 1 is 1.06 bits per heavy atom. The van der Waals surface area contributed by atoms with Crippen LogP contribution in [0.5, 0.6) is 5.75 Å². The number of amides is 1. The second-order valence-corrected chi connectivity index (χ2v) is 8.65. The first-order valence-corrected chi connectivity index (χ1v) is 11.3. The van der Waals surface area contributed by atoms with Crippen LogP contribution in [0.1, 0.15) is 16.5 Å². The van der Waals surface area contributed by atoms with Gasteiger partial charge in [-0.2, -0.15) is 0 Å². The van der Waals surface area contributed by atoms with Crippen LogP contribution in [0.3, 0.4) is 0 Å². The predicted octanol–water partition coefficient (Wildman–Crippen LogP) is 4.32. The standard InChI is InChI=1S/C24H21FN4O2S/c25-18-5-7-19(8-6-18)29-15-21(23(26-29)27-12-1-2-13-27)24-28(22(31)16-32-24)14-11-17-3-9-20(30)10-4-17/h1-10,12-13,15,24,30H,11,14,16H2. The van der Waals surface area contributed by atoms with Crippen molar-refractivity contribution < 1.29 is 14.3 Å². The maximum atomic E-state index is 13.4. The highest BCUT2D eigenvalue weighted by molar-refractivity contribution is 8.00. The number of thioether (sulfide) groups is 1. The van der Waals surface area contributed by atoms with E-state index in [-0.39, 0.29) is 22.8 Å². The second kappa shape index (κ2) is 8.55. The van der Waals surface area contributed by atoms with Crippen molar-refractivity contribution in [3.63, 3.8) is 0 Å². The number of halogens is 1. The third-order valence-electron chi connectivity index (χ3n) is 5.47. The van der Waals surface area contributed by atoms with Crippen molar-refractivity contribution in [3.05, 3.63) is 96.2 Å². The maximum Gasteiger partial charge on any atom is 0.233 e. The highest BCUT2D eigenvalue weighted by Crippen LogP contribution is 2.41. The number of nitrogens with zero attached hydrogens (tertiary/aromatic N) is 4. The van der Waals surface area contributed by atoms with Crippen LogP contribution in [-0.2, 0) is 11.2 Å². The van der Waals surface area contributed by atoms with Gasteiger partial charge in [-0.3, -0.25) is 4.79 Å². The molecule has 32 heavy (non-hydrogen) atoms. The molecule has 1 fully saturated rings. The van der Waals surface area contributed by atoms with Gasteiger partial charge in [0.1, 0.15) is 16.9 Å². The number of benzene rings is 2. The highest BCUT2D eigenvalue weighted by atomic mass is 32.2. The number of carbonyl (C=O) groups is 1. The van der Waals surface area contributed by atoms with Gasteiger partial charge in [0.25, 0.3) is 0 Å². The van der Waals surface area contributed by atoms with Gasteiger partial charge in [-0.1, -0.05) is 12.1 Å². The molecule has 1 saturated heterocycles. The van der Waals surface area contributed by atoms with Gasteiger partial charge in [0.15, 0.2) is 5.82 Å². The molecule has 0 aliphatic carbocycles. The van der Waals surface area contributed by atoms with Crippen molar-refractivity contribution in [1.29, 1.82) is 0 Å². The molecule has 1 unspecified atom stereocenters. The van der Waals surface area contributed by atoms with Crippen molar-refractivity contribution >= 4 is 17.7 Å². The van der Waals surface area contributed by atoms with Crippen LogP contribution in [0.25, 0.3) is 11.5 Å². The summed E-state index contributed by atoms with van der Waals surface area (Å²) in [5.74, 6) is 1.16. The summed E-state index contributed by atoms with van der Waals surface area (Å²) in [5, 5.41) is 14.1. The van der Waals surface area contributed by atoms with E-state index in [0.717, 1.165) is 22.6 Å². The molecule has 4 aromatic rings. The average Bonchev–Trinajstić information content (AvgIpc) is 3.53. The van der Waals surface area contributed by atoms with Crippen molar-refractivity contribution in [1.82, 2.24) is 19.2 Å². The predicted molar refractivity (Wildman–Crippen MR) is 122 cm³/mol. The zero-order valence-corrected chi connectivity index (χ0v) is 18.0. The minimum absolute atomic E-state index is 0.0896. The molecular formula is C24H21FN4O2S. The number of phenolic OH excluding ortho intramolecular Hbond substituents is 1. The summed E-state index contributed by atoms with van der Waals surface area (Å²) in [6, 6.07) is 17.1. The second-order valence-electron chi connectivity index (χ2n) is 7.59. The van der Waals surface area contributed by atoms with Crippen LogP contribution in [0.4, 0.5) is 4.39 Å². The van der Waals surface area contributed by atoms with Gasteiger partial charge in [0.2, 0.25) is 5.91 Å². The van der Waals surface area contributed by atoms with Crippen molar-refractivity contribution in [3.8, 4) is 17.3 Å². The summed E-state index contributed by atoms with van der Waals surface area (Å²) in [7, 11) is 0. The molecule has 8 heteroatoms. The van der Waals surface area contributed by atoms with E-state index in [0.29, 0.717) is 18.7 Å². The Morgan fingerprint density at radius 3 is 2.50 bits per heavy atom. The molecule has 1 atom stereocenters. The van der Waals surface area contributed by atoms with Gasteiger partial charge >= 0.3 is 0 Å². The number of carbonyl (C=O) groups excluding carboxylic acids is 1. The van der Waals surface area contributed by atoms with E-state index < -0.39 is 0 Å². The molecule has 1 aliphatic rings. The van der Waals surface area contributed by atoms with E-state index in [4.69, 9.17) is 5.10 Å². The largest absolute Gasteiger partial charge is 0.508 e.